The van der Waals surface area contributed by atoms with Crippen LogP contribution in [0.1, 0.15) is 18.1 Å². The van der Waals surface area contributed by atoms with E-state index >= 15 is 0 Å². The minimum absolute atomic E-state index is 0.615. The Morgan fingerprint density at radius 2 is 2.10 bits per heavy atom. The first kappa shape index (κ1) is 13.9. The zero-order valence-corrected chi connectivity index (χ0v) is 13.1. The van der Waals surface area contributed by atoms with Crippen molar-refractivity contribution in [2.24, 2.45) is 0 Å². The fourth-order valence-electron chi connectivity index (χ4n) is 2.14. The zero-order chi connectivity index (χ0) is 14.8. The van der Waals surface area contributed by atoms with E-state index in [1.807, 2.05) is 6.92 Å². The zero-order valence-electron chi connectivity index (χ0n) is 12.3. The molecule has 0 amide bonds. The minimum atomic E-state index is 0.615. The average molecular weight is 299 g/mol. The van der Waals surface area contributed by atoms with Crippen LogP contribution in [0.25, 0.3) is 11.2 Å². The van der Waals surface area contributed by atoms with Crippen molar-refractivity contribution in [3.05, 3.63) is 35.7 Å². The number of hydrogen-bond donors (Lipinski definition) is 2. The summed E-state index contributed by atoms with van der Waals surface area (Å²) in [5.41, 5.74) is 4.07. The van der Waals surface area contributed by atoms with Crippen molar-refractivity contribution in [1.82, 2.24) is 19.9 Å². The van der Waals surface area contributed by atoms with Crippen LogP contribution in [0.4, 0.5) is 5.95 Å². The molecule has 6 heteroatoms. The van der Waals surface area contributed by atoms with E-state index in [0.717, 1.165) is 17.1 Å². The number of benzene rings is 1. The molecule has 0 aliphatic carbocycles. The quantitative estimate of drug-likeness (QED) is 0.721. The van der Waals surface area contributed by atoms with Gasteiger partial charge in [0.05, 0.1) is 6.33 Å². The molecule has 3 aromatic rings. The molecule has 0 bridgehead atoms. The maximum Gasteiger partial charge on any atom is 0.225 e. The molecule has 108 valence electrons. The van der Waals surface area contributed by atoms with Crippen molar-refractivity contribution < 1.29 is 0 Å². The lowest BCUT2D eigenvalue weighted by Crippen LogP contribution is -2.03. The van der Waals surface area contributed by atoms with Gasteiger partial charge in [-0.2, -0.15) is 4.98 Å². The second kappa shape index (κ2) is 5.73. The number of anilines is 1. The van der Waals surface area contributed by atoms with E-state index in [-0.39, 0.29) is 0 Å². The molecule has 0 unspecified atom stereocenters. The molecule has 0 saturated carbocycles. The van der Waals surface area contributed by atoms with Gasteiger partial charge in [0, 0.05) is 11.4 Å². The second-order valence-electron chi connectivity index (χ2n) is 4.85. The molecule has 0 atom stereocenters. The van der Waals surface area contributed by atoms with Crippen LogP contribution in [0, 0.1) is 13.8 Å². The van der Waals surface area contributed by atoms with Crippen LogP contribution >= 0.6 is 11.8 Å². The van der Waals surface area contributed by atoms with Gasteiger partial charge in [-0.3, -0.25) is 0 Å². The van der Waals surface area contributed by atoms with Gasteiger partial charge in [0.25, 0.3) is 0 Å². The van der Waals surface area contributed by atoms with Gasteiger partial charge in [0.2, 0.25) is 5.95 Å². The van der Waals surface area contributed by atoms with Crippen LogP contribution in [0.3, 0.4) is 0 Å². The van der Waals surface area contributed by atoms with Gasteiger partial charge in [0.15, 0.2) is 5.65 Å². The topological polar surface area (TPSA) is 66.5 Å². The van der Waals surface area contributed by atoms with Crippen LogP contribution in [0.15, 0.2) is 34.4 Å². The summed E-state index contributed by atoms with van der Waals surface area (Å²) >= 11 is 1.63. The predicted octanol–water partition coefficient (Wildman–Crippen LogP) is 3.55. The number of aryl methyl sites for hydroxylation is 2. The van der Waals surface area contributed by atoms with Gasteiger partial charge >= 0.3 is 0 Å². The lowest BCUT2D eigenvalue weighted by molar-refractivity contribution is 1.04. The van der Waals surface area contributed by atoms with E-state index < -0.39 is 0 Å². The summed E-state index contributed by atoms with van der Waals surface area (Å²) in [6.45, 7) is 7.02. The van der Waals surface area contributed by atoms with Crippen molar-refractivity contribution in [2.75, 3.05) is 11.9 Å². The number of hydrogen-bond acceptors (Lipinski definition) is 5. The fraction of sp³-hybridized carbons (Fsp3) is 0.267. The summed E-state index contributed by atoms with van der Waals surface area (Å²) < 4.78 is 0. The number of aromatic nitrogens is 4. The van der Waals surface area contributed by atoms with E-state index in [1.165, 1.54) is 16.0 Å². The van der Waals surface area contributed by atoms with Gasteiger partial charge in [-0.1, -0.05) is 29.5 Å². The van der Waals surface area contributed by atoms with E-state index in [1.54, 1.807) is 18.1 Å². The van der Waals surface area contributed by atoms with Crippen molar-refractivity contribution >= 4 is 28.9 Å². The Hall–Kier alpha value is -2.08. The number of fused-ring (bicyclic) bond motifs is 1. The van der Waals surface area contributed by atoms with Gasteiger partial charge in [0.1, 0.15) is 10.5 Å². The highest BCUT2D eigenvalue weighted by atomic mass is 32.2. The molecule has 0 aliphatic heterocycles. The normalized spacial score (nSPS) is 11.0. The third kappa shape index (κ3) is 2.85. The summed E-state index contributed by atoms with van der Waals surface area (Å²) in [6.07, 6.45) is 1.65. The third-order valence-corrected chi connectivity index (χ3v) is 4.29. The molecule has 0 spiro atoms. The largest absolute Gasteiger partial charge is 0.354 e. The van der Waals surface area contributed by atoms with Crippen molar-refractivity contribution in [3.63, 3.8) is 0 Å². The Balaban J connectivity index is 2.04. The predicted molar refractivity (Wildman–Crippen MR) is 85.9 cm³/mol. The number of rotatable bonds is 4. The van der Waals surface area contributed by atoms with Crippen molar-refractivity contribution in [3.8, 4) is 0 Å². The molecule has 0 radical (unpaired) electrons. The number of aromatic amines is 1. The first-order chi connectivity index (χ1) is 10.2. The summed E-state index contributed by atoms with van der Waals surface area (Å²) in [7, 11) is 0. The molecule has 5 nitrogen and oxygen atoms in total. The SMILES string of the molecule is CCNc1nc(Sc2ccc(C)cc2C)c2[nH]cnc2n1. The van der Waals surface area contributed by atoms with Crippen LogP contribution in [0.2, 0.25) is 0 Å². The molecule has 3 rings (SSSR count). The summed E-state index contributed by atoms with van der Waals surface area (Å²) in [5.74, 6) is 0.615. The molecule has 2 heterocycles. The molecular formula is C15H17N5S. The number of H-pyrrole nitrogens is 1. The van der Waals surface area contributed by atoms with Crippen LogP contribution < -0.4 is 5.32 Å². The molecule has 0 fully saturated rings. The molecule has 0 saturated heterocycles. The number of imidazole rings is 1. The highest BCUT2D eigenvalue weighted by Crippen LogP contribution is 2.33. The maximum absolute atomic E-state index is 4.59. The number of nitrogens with one attached hydrogen (secondary N) is 2. The van der Waals surface area contributed by atoms with E-state index in [9.17, 15) is 0 Å². The molecule has 21 heavy (non-hydrogen) atoms. The molecule has 0 aliphatic rings. The van der Waals surface area contributed by atoms with Gasteiger partial charge in [-0.05, 0) is 32.4 Å². The summed E-state index contributed by atoms with van der Waals surface area (Å²) in [5, 5.41) is 4.04. The third-order valence-electron chi connectivity index (χ3n) is 3.12. The second-order valence-corrected chi connectivity index (χ2v) is 5.89. The smallest absolute Gasteiger partial charge is 0.225 e. The highest BCUT2D eigenvalue weighted by molar-refractivity contribution is 7.99. The van der Waals surface area contributed by atoms with Gasteiger partial charge < -0.3 is 10.3 Å². The van der Waals surface area contributed by atoms with Crippen molar-refractivity contribution in [2.45, 2.75) is 30.7 Å². The van der Waals surface area contributed by atoms with Gasteiger partial charge in [-0.25, -0.2) is 9.97 Å². The van der Waals surface area contributed by atoms with Gasteiger partial charge in [-0.15, -0.1) is 0 Å². The molecule has 1 aromatic carbocycles. The summed E-state index contributed by atoms with van der Waals surface area (Å²) in [4.78, 5) is 17.5. The maximum atomic E-state index is 4.59. The van der Waals surface area contributed by atoms with E-state index in [0.29, 0.717) is 11.6 Å². The Labute approximate surface area is 127 Å². The van der Waals surface area contributed by atoms with Crippen LogP contribution in [-0.2, 0) is 0 Å². The number of nitrogens with zero attached hydrogens (tertiary/aromatic N) is 3. The lowest BCUT2D eigenvalue weighted by Gasteiger charge is -2.08. The lowest BCUT2D eigenvalue weighted by atomic mass is 10.2. The first-order valence-electron chi connectivity index (χ1n) is 6.87. The van der Waals surface area contributed by atoms with Crippen LogP contribution in [0.5, 0.6) is 0 Å². The Morgan fingerprint density at radius 1 is 1.24 bits per heavy atom. The molecule has 2 N–H and O–H groups in total. The Morgan fingerprint density at radius 3 is 2.86 bits per heavy atom. The average Bonchev–Trinajstić information content (AvgIpc) is 2.91. The van der Waals surface area contributed by atoms with Crippen LogP contribution in [-0.4, -0.2) is 26.5 Å². The Kier molecular flexibility index (Phi) is 3.79. The van der Waals surface area contributed by atoms with E-state index in [4.69, 9.17) is 0 Å². The van der Waals surface area contributed by atoms with Crippen molar-refractivity contribution in [1.29, 1.82) is 0 Å². The monoisotopic (exact) mass is 299 g/mol. The summed E-state index contributed by atoms with van der Waals surface area (Å²) in [6, 6.07) is 6.43. The fourth-order valence-corrected chi connectivity index (χ4v) is 3.08. The minimum Gasteiger partial charge on any atom is -0.354 e. The Bertz CT molecular complexity index is 781. The van der Waals surface area contributed by atoms with E-state index in [2.05, 4.69) is 57.3 Å². The first-order valence-corrected chi connectivity index (χ1v) is 7.69. The molecular weight excluding hydrogens is 282 g/mol. The highest BCUT2D eigenvalue weighted by Gasteiger charge is 2.12. The standard InChI is InChI=1S/C15H17N5S/c1-4-16-15-19-13-12(17-8-18-13)14(20-15)21-11-6-5-9(2)7-10(11)3/h5-8H,4H2,1-3H3,(H2,16,17,18,19,20). The molecule has 2 aromatic heterocycles.